The number of carbonyl (C=O) groups is 2. The number of nitrogens with zero attached hydrogens (tertiary/aromatic N) is 3. The van der Waals surface area contributed by atoms with Crippen molar-refractivity contribution in [3.05, 3.63) is 35.5 Å². The van der Waals surface area contributed by atoms with Crippen molar-refractivity contribution in [1.29, 1.82) is 0 Å². The summed E-state index contributed by atoms with van der Waals surface area (Å²) in [6.07, 6.45) is 13.4. The Morgan fingerprint density at radius 1 is 1.05 bits per heavy atom. The molecule has 1 atom stereocenters. The van der Waals surface area contributed by atoms with Gasteiger partial charge in [-0.25, -0.2) is 0 Å². The number of hydrogen-bond donors (Lipinski definition) is 2. The molecule has 5 rings (SSSR count). The van der Waals surface area contributed by atoms with Crippen LogP contribution in [-0.4, -0.2) is 65.3 Å². The van der Waals surface area contributed by atoms with Gasteiger partial charge in [-0.2, -0.15) is 5.10 Å². The highest BCUT2D eigenvalue weighted by Gasteiger charge is 2.28. The van der Waals surface area contributed by atoms with Gasteiger partial charge in [-0.05, 0) is 88.6 Å². The van der Waals surface area contributed by atoms with E-state index in [1.807, 2.05) is 18.2 Å². The van der Waals surface area contributed by atoms with Gasteiger partial charge in [-0.15, -0.1) is 0 Å². The molecule has 0 bridgehead atoms. The molecular formula is C32H47N5O3. The van der Waals surface area contributed by atoms with Gasteiger partial charge in [0, 0.05) is 30.6 Å². The summed E-state index contributed by atoms with van der Waals surface area (Å²) in [6, 6.07) is 8.40. The molecule has 8 heteroatoms. The molecule has 3 aliphatic rings. The quantitative estimate of drug-likeness (QED) is 0.377. The number of nitrogens with one attached hydrogen (secondary N) is 2. The summed E-state index contributed by atoms with van der Waals surface area (Å²) >= 11 is 0. The monoisotopic (exact) mass is 549 g/mol. The summed E-state index contributed by atoms with van der Waals surface area (Å²) in [6.45, 7) is 5.24. The van der Waals surface area contributed by atoms with E-state index in [9.17, 15) is 9.59 Å². The van der Waals surface area contributed by atoms with Gasteiger partial charge in [0.2, 0.25) is 5.91 Å². The third kappa shape index (κ3) is 6.88. The summed E-state index contributed by atoms with van der Waals surface area (Å²) in [5, 5.41) is 11.3. The zero-order valence-electron chi connectivity index (χ0n) is 24.4. The highest BCUT2D eigenvalue weighted by atomic mass is 16.5. The number of likely N-dealkylation sites (tertiary alicyclic amines) is 1. The van der Waals surface area contributed by atoms with Crippen molar-refractivity contribution in [2.24, 2.45) is 0 Å². The van der Waals surface area contributed by atoms with Crippen LogP contribution in [0, 0.1) is 0 Å². The van der Waals surface area contributed by atoms with Gasteiger partial charge >= 0.3 is 0 Å². The van der Waals surface area contributed by atoms with Crippen molar-refractivity contribution in [1.82, 2.24) is 25.3 Å². The lowest BCUT2D eigenvalue weighted by Crippen LogP contribution is -2.45. The molecule has 3 fully saturated rings. The molecular weight excluding hydrogens is 502 g/mol. The number of ether oxygens (including phenoxy) is 1. The molecule has 2 saturated carbocycles. The number of amides is 2. The lowest BCUT2D eigenvalue weighted by Gasteiger charge is -2.29. The molecule has 0 radical (unpaired) electrons. The smallest absolute Gasteiger partial charge is 0.272 e. The Morgan fingerprint density at radius 3 is 2.50 bits per heavy atom. The molecule has 8 nitrogen and oxygen atoms in total. The molecule has 0 spiro atoms. The summed E-state index contributed by atoms with van der Waals surface area (Å²) in [7, 11) is 1.70. The fraction of sp³-hybridized carbons (Fsp3) is 0.656. The van der Waals surface area contributed by atoms with E-state index < -0.39 is 0 Å². The van der Waals surface area contributed by atoms with Gasteiger partial charge in [0.1, 0.15) is 5.75 Å². The summed E-state index contributed by atoms with van der Waals surface area (Å²) in [5.41, 5.74) is 3.56. The van der Waals surface area contributed by atoms with Gasteiger partial charge in [-0.3, -0.25) is 14.3 Å². The van der Waals surface area contributed by atoms with Gasteiger partial charge in [0.15, 0.2) is 5.69 Å². The minimum absolute atomic E-state index is 0.0347. The average molecular weight is 550 g/mol. The standard InChI is InChI=1S/C32H47N5O3/c1-3-23-11-9-16-29(40-2)31(23)28-22-27(35-37(28)26-14-5-6-15-26)32(39)34-25(17-20-36-18-7-4-8-19-36)21-30(38)33-24-12-10-13-24/h9,11,16,22,24-26H,3-8,10,12-15,17-21H2,1-2H3,(H,33,38)(H,34,39). The first-order chi connectivity index (χ1) is 19.6. The molecule has 2 N–H and O–H groups in total. The summed E-state index contributed by atoms with van der Waals surface area (Å²) in [5.74, 6) is 0.635. The number of aromatic nitrogens is 2. The maximum Gasteiger partial charge on any atom is 0.272 e. The van der Waals surface area contributed by atoms with Gasteiger partial charge in [-0.1, -0.05) is 38.3 Å². The van der Waals surface area contributed by atoms with Crippen molar-refractivity contribution in [3.8, 4) is 17.0 Å². The van der Waals surface area contributed by atoms with Gasteiger partial charge in [0.05, 0.1) is 18.8 Å². The van der Waals surface area contributed by atoms with Crippen LogP contribution in [0.3, 0.4) is 0 Å². The molecule has 2 amide bonds. The normalized spacial score (nSPS) is 19.2. The summed E-state index contributed by atoms with van der Waals surface area (Å²) < 4.78 is 7.86. The van der Waals surface area contributed by atoms with Gasteiger partial charge in [0.25, 0.3) is 5.91 Å². The number of piperidine rings is 1. The van der Waals surface area contributed by atoms with E-state index in [0.717, 1.165) is 75.2 Å². The van der Waals surface area contributed by atoms with E-state index in [2.05, 4.69) is 33.2 Å². The van der Waals surface area contributed by atoms with Crippen LogP contribution in [0.25, 0.3) is 11.3 Å². The maximum absolute atomic E-state index is 13.7. The first-order valence-corrected chi connectivity index (χ1v) is 15.6. The second kappa shape index (κ2) is 13.7. The predicted molar refractivity (Wildman–Crippen MR) is 158 cm³/mol. The van der Waals surface area contributed by atoms with Crippen LogP contribution in [0.4, 0.5) is 0 Å². The molecule has 1 unspecified atom stereocenters. The van der Waals surface area contributed by atoms with Crippen LogP contribution < -0.4 is 15.4 Å². The predicted octanol–water partition coefficient (Wildman–Crippen LogP) is 5.27. The zero-order valence-corrected chi connectivity index (χ0v) is 24.4. The topological polar surface area (TPSA) is 88.5 Å². The Bertz CT molecular complexity index is 1120. The minimum atomic E-state index is -0.230. The molecule has 218 valence electrons. The van der Waals surface area contributed by atoms with Crippen LogP contribution >= 0.6 is 0 Å². The van der Waals surface area contributed by atoms with E-state index in [4.69, 9.17) is 9.84 Å². The number of methoxy groups -OCH3 is 1. The first kappa shape index (κ1) is 28.7. The number of carbonyl (C=O) groups excluding carboxylic acids is 2. The van der Waals surface area contributed by atoms with Crippen molar-refractivity contribution in [2.75, 3.05) is 26.7 Å². The molecule has 1 aromatic heterocycles. The Hall–Kier alpha value is -2.87. The SMILES string of the molecule is CCc1cccc(OC)c1-c1cc(C(=O)NC(CCN2CCCCC2)CC(=O)NC2CCC2)nn1C1CCCC1. The highest BCUT2D eigenvalue weighted by molar-refractivity contribution is 5.94. The molecule has 2 heterocycles. The third-order valence-corrected chi connectivity index (χ3v) is 9.09. The molecule has 2 aliphatic carbocycles. The summed E-state index contributed by atoms with van der Waals surface area (Å²) in [4.78, 5) is 29.1. The highest BCUT2D eigenvalue weighted by Crippen LogP contribution is 2.39. The minimum Gasteiger partial charge on any atom is -0.496 e. The lowest BCUT2D eigenvalue weighted by atomic mass is 9.93. The van der Waals surface area contributed by atoms with Gasteiger partial charge < -0.3 is 20.3 Å². The van der Waals surface area contributed by atoms with Crippen molar-refractivity contribution >= 4 is 11.8 Å². The number of hydrogen-bond acceptors (Lipinski definition) is 5. The molecule has 1 aliphatic heterocycles. The maximum atomic E-state index is 13.7. The van der Waals surface area contributed by atoms with E-state index >= 15 is 0 Å². The van der Waals surface area contributed by atoms with Crippen LogP contribution in [0.2, 0.25) is 0 Å². The lowest BCUT2D eigenvalue weighted by molar-refractivity contribution is -0.122. The first-order valence-electron chi connectivity index (χ1n) is 15.6. The molecule has 1 saturated heterocycles. The van der Waals surface area contributed by atoms with E-state index in [1.54, 1.807) is 7.11 Å². The van der Waals surface area contributed by atoms with Crippen LogP contribution in [0.5, 0.6) is 5.75 Å². The van der Waals surface area contributed by atoms with E-state index in [1.165, 1.54) is 44.1 Å². The zero-order chi connectivity index (χ0) is 27.9. The fourth-order valence-electron chi connectivity index (χ4n) is 6.52. The van der Waals surface area contributed by atoms with Crippen LogP contribution in [0.1, 0.15) is 106 Å². The van der Waals surface area contributed by atoms with Crippen molar-refractivity contribution in [2.45, 2.75) is 109 Å². The van der Waals surface area contributed by atoms with Crippen LogP contribution in [0.15, 0.2) is 24.3 Å². The number of aryl methyl sites for hydroxylation is 1. The number of benzene rings is 1. The second-order valence-corrected chi connectivity index (χ2v) is 11.9. The Morgan fingerprint density at radius 2 is 1.82 bits per heavy atom. The van der Waals surface area contributed by atoms with E-state index in [-0.39, 0.29) is 23.9 Å². The fourth-order valence-corrected chi connectivity index (χ4v) is 6.52. The van der Waals surface area contributed by atoms with E-state index in [0.29, 0.717) is 18.2 Å². The number of rotatable bonds is 12. The Labute approximate surface area is 239 Å². The Kier molecular flexibility index (Phi) is 9.79. The third-order valence-electron chi connectivity index (χ3n) is 9.09. The molecule has 2 aromatic rings. The largest absolute Gasteiger partial charge is 0.496 e. The van der Waals surface area contributed by atoms with Crippen molar-refractivity contribution in [3.63, 3.8) is 0 Å². The molecule has 1 aromatic carbocycles. The second-order valence-electron chi connectivity index (χ2n) is 11.9. The Balaban J connectivity index is 1.37. The molecule has 40 heavy (non-hydrogen) atoms. The van der Waals surface area contributed by atoms with Crippen LogP contribution in [-0.2, 0) is 11.2 Å². The average Bonchev–Trinajstić information content (AvgIpc) is 3.64. The van der Waals surface area contributed by atoms with Crippen molar-refractivity contribution < 1.29 is 14.3 Å².